The van der Waals surface area contributed by atoms with Crippen molar-refractivity contribution in [2.45, 2.75) is 77.3 Å². The van der Waals surface area contributed by atoms with Gasteiger partial charge in [0.25, 0.3) is 5.91 Å². The van der Waals surface area contributed by atoms with E-state index in [9.17, 15) is 19.5 Å². The molecule has 53 heavy (non-hydrogen) atoms. The van der Waals surface area contributed by atoms with Gasteiger partial charge < -0.3 is 19.8 Å². The number of benzene rings is 3. The highest BCUT2D eigenvalue weighted by Gasteiger charge is 2.39. The predicted octanol–water partition coefficient (Wildman–Crippen LogP) is 6.07. The van der Waals surface area contributed by atoms with Crippen LogP contribution in [-0.2, 0) is 22.6 Å². The van der Waals surface area contributed by atoms with Crippen molar-refractivity contribution in [3.63, 3.8) is 0 Å². The highest BCUT2D eigenvalue weighted by atomic mass is 19.1. The number of amides is 3. The molecule has 0 aromatic heterocycles. The van der Waals surface area contributed by atoms with E-state index in [1.54, 1.807) is 17.0 Å². The molecule has 0 radical (unpaired) electrons. The van der Waals surface area contributed by atoms with Gasteiger partial charge in [-0.05, 0) is 121 Å². The minimum atomic E-state index is -0.601. The molecule has 1 aliphatic carbocycles. The number of aryl methyl sites for hydroxylation is 1. The summed E-state index contributed by atoms with van der Waals surface area (Å²) in [6, 6.07) is 17.1. The van der Waals surface area contributed by atoms with Gasteiger partial charge in [-0.2, -0.15) is 0 Å². The van der Waals surface area contributed by atoms with E-state index in [-0.39, 0.29) is 35.9 Å². The monoisotopic (exact) mass is 721 g/mol. The Morgan fingerprint density at radius 1 is 0.830 bits per heavy atom. The molecule has 4 aliphatic heterocycles. The number of carbonyl (C=O) groups is 3. The summed E-state index contributed by atoms with van der Waals surface area (Å²) in [6.45, 7) is 11.4. The van der Waals surface area contributed by atoms with Crippen molar-refractivity contribution in [3.8, 4) is 5.75 Å². The van der Waals surface area contributed by atoms with E-state index in [0.29, 0.717) is 47.7 Å². The summed E-state index contributed by atoms with van der Waals surface area (Å²) in [7, 11) is 0. The van der Waals surface area contributed by atoms with Gasteiger partial charge >= 0.3 is 0 Å². The zero-order valence-electron chi connectivity index (χ0n) is 31.0. The molecule has 3 amide bonds. The molecule has 0 saturated carbocycles. The Morgan fingerprint density at radius 3 is 2.36 bits per heavy atom. The number of halogens is 1. The Morgan fingerprint density at radius 2 is 1.62 bits per heavy atom. The lowest BCUT2D eigenvalue weighted by atomic mass is 9.69. The van der Waals surface area contributed by atoms with Crippen LogP contribution < -0.4 is 15.1 Å². The minimum absolute atomic E-state index is 0.133. The van der Waals surface area contributed by atoms with Crippen LogP contribution in [0.15, 0.2) is 54.6 Å². The number of nitrogens with one attached hydrogen (secondary N) is 1. The van der Waals surface area contributed by atoms with Crippen LogP contribution in [-0.4, -0.2) is 84.5 Å². The molecule has 280 valence electrons. The van der Waals surface area contributed by atoms with Gasteiger partial charge in [0.2, 0.25) is 11.8 Å². The molecule has 0 bridgehead atoms. The highest BCUT2D eigenvalue weighted by Crippen LogP contribution is 2.45. The molecule has 3 fully saturated rings. The average Bonchev–Trinajstić information content (AvgIpc) is 3.47. The number of phenols is 1. The predicted molar refractivity (Wildman–Crippen MR) is 204 cm³/mol. The topological polar surface area (TPSA) is 96.4 Å². The van der Waals surface area contributed by atoms with Crippen LogP contribution in [0.4, 0.5) is 15.8 Å². The van der Waals surface area contributed by atoms with Crippen molar-refractivity contribution in [2.24, 2.45) is 17.8 Å². The SMILES string of the molecule is CC(C)C[C@H]1CCc2cc(O)ccc2[C@H]1c1ccc(N2CCC(CN3CCN(c4ccc5c(c4)CN([C@@H]4CCC(=O)NC4=O)C5=O)CC3)CC2)c(F)c1. The molecule has 3 aromatic rings. The van der Waals surface area contributed by atoms with E-state index >= 15 is 4.39 Å². The third-order valence-electron chi connectivity index (χ3n) is 12.5. The van der Waals surface area contributed by atoms with Crippen molar-refractivity contribution in [1.82, 2.24) is 15.1 Å². The Bertz CT molecular complexity index is 1880. The Kier molecular flexibility index (Phi) is 9.91. The van der Waals surface area contributed by atoms with E-state index in [2.05, 4.69) is 52.1 Å². The number of hydrogen-bond acceptors (Lipinski definition) is 7. The number of carbonyl (C=O) groups excluding carboxylic acids is 3. The molecular weight excluding hydrogens is 670 g/mol. The highest BCUT2D eigenvalue weighted by molar-refractivity contribution is 6.05. The molecule has 0 spiro atoms. The van der Waals surface area contributed by atoms with Crippen LogP contribution >= 0.6 is 0 Å². The first kappa shape index (κ1) is 35.6. The molecule has 3 aromatic carbocycles. The number of hydrogen-bond donors (Lipinski definition) is 2. The van der Waals surface area contributed by atoms with Gasteiger partial charge in [-0.1, -0.05) is 26.0 Å². The van der Waals surface area contributed by atoms with E-state index in [0.717, 1.165) is 94.7 Å². The third-order valence-corrected chi connectivity index (χ3v) is 12.5. The molecular formula is C43H52FN5O4. The van der Waals surface area contributed by atoms with E-state index < -0.39 is 6.04 Å². The van der Waals surface area contributed by atoms with Gasteiger partial charge in [-0.3, -0.25) is 24.6 Å². The van der Waals surface area contributed by atoms with Crippen molar-refractivity contribution in [2.75, 3.05) is 55.6 Å². The zero-order chi connectivity index (χ0) is 36.8. The molecule has 0 unspecified atom stereocenters. The van der Waals surface area contributed by atoms with Crippen LogP contribution in [0.3, 0.4) is 0 Å². The second kappa shape index (κ2) is 14.8. The number of anilines is 2. The number of nitrogens with zero attached hydrogens (tertiary/aromatic N) is 4. The summed E-state index contributed by atoms with van der Waals surface area (Å²) < 4.78 is 16.0. The second-order valence-corrected chi connectivity index (χ2v) is 16.5. The maximum atomic E-state index is 16.0. The zero-order valence-corrected chi connectivity index (χ0v) is 31.0. The number of imide groups is 1. The maximum absolute atomic E-state index is 16.0. The lowest BCUT2D eigenvalue weighted by molar-refractivity contribution is -0.136. The Balaban J connectivity index is 0.841. The number of fused-ring (bicyclic) bond motifs is 2. The van der Waals surface area contributed by atoms with Crippen molar-refractivity contribution in [3.05, 3.63) is 88.2 Å². The van der Waals surface area contributed by atoms with E-state index in [1.165, 1.54) is 11.1 Å². The van der Waals surface area contributed by atoms with E-state index in [1.807, 2.05) is 24.3 Å². The van der Waals surface area contributed by atoms with Gasteiger partial charge in [0, 0.05) is 75.9 Å². The summed E-state index contributed by atoms with van der Waals surface area (Å²) in [5, 5.41) is 12.5. The largest absolute Gasteiger partial charge is 0.508 e. The number of piperidine rings is 2. The second-order valence-electron chi connectivity index (χ2n) is 16.5. The number of rotatable bonds is 8. The molecule has 5 aliphatic rings. The van der Waals surface area contributed by atoms with Crippen LogP contribution in [0.25, 0.3) is 0 Å². The first-order chi connectivity index (χ1) is 25.6. The van der Waals surface area contributed by atoms with Gasteiger partial charge in [0.1, 0.15) is 17.6 Å². The molecule has 8 rings (SSSR count). The van der Waals surface area contributed by atoms with Gasteiger partial charge in [-0.15, -0.1) is 0 Å². The number of phenolic OH excluding ortho intramolecular Hbond substituents is 1. The van der Waals surface area contributed by atoms with Crippen LogP contribution in [0.5, 0.6) is 5.75 Å². The van der Waals surface area contributed by atoms with Crippen molar-refractivity contribution >= 4 is 29.1 Å². The smallest absolute Gasteiger partial charge is 0.255 e. The standard InChI is InChI=1S/C43H52FN5O4/c1-27(2)21-30-4-3-29-23-34(50)7-9-35(29)41(30)31-5-10-38(37(44)24-31)48-15-13-28(14-16-48)25-46-17-19-47(20-18-46)33-6-8-36-32(22-33)26-49(43(36)53)39-11-12-40(51)45-42(39)52/h5-10,22-24,27-28,30,39,41,50H,3-4,11-21,25-26H2,1-2H3,(H,45,51,52)/t30-,39-,41-/m1/s1. The summed E-state index contributed by atoms with van der Waals surface area (Å²) in [4.78, 5) is 46.0. The number of aromatic hydroxyl groups is 1. The Hall–Kier alpha value is -4.44. The van der Waals surface area contributed by atoms with Gasteiger partial charge in [0.05, 0.1) is 5.69 Å². The summed E-state index contributed by atoms with van der Waals surface area (Å²) in [5.41, 5.74) is 6.85. The fourth-order valence-corrected chi connectivity index (χ4v) is 9.83. The molecule has 10 heteroatoms. The van der Waals surface area contributed by atoms with Crippen LogP contribution in [0.1, 0.15) is 90.9 Å². The quantitative estimate of drug-likeness (QED) is 0.273. The Labute approximate surface area is 312 Å². The molecule has 3 saturated heterocycles. The van der Waals surface area contributed by atoms with Crippen LogP contribution in [0, 0.1) is 23.6 Å². The first-order valence-electron chi connectivity index (χ1n) is 19.7. The van der Waals surface area contributed by atoms with Gasteiger partial charge in [0.15, 0.2) is 0 Å². The van der Waals surface area contributed by atoms with Crippen molar-refractivity contribution in [1.29, 1.82) is 0 Å². The maximum Gasteiger partial charge on any atom is 0.255 e. The minimum Gasteiger partial charge on any atom is -0.508 e. The normalized spacial score (nSPS) is 24.1. The lowest BCUT2D eigenvalue weighted by Crippen LogP contribution is -2.52. The first-order valence-corrected chi connectivity index (χ1v) is 19.7. The average molecular weight is 722 g/mol. The van der Waals surface area contributed by atoms with Crippen molar-refractivity contribution < 1.29 is 23.9 Å². The number of piperazine rings is 1. The van der Waals surface area contributed by atoms with E-state index in [4.69, 9.17) is 0 Å². The fourth-order valence-electron chi connectivity index (χ4n) is 9.83. The summed E-state index contributed by atoms with van der Waals surface area (Å²) >= 11 is 0. The lowest BCUT2D eigenvalue weighted by Gasteiger charge is -2.40. The summed E-state index contributed by atoms with van der Waals surface area (Å²) in [6.07, 6.45) is 5.80. The van der Waals surface area contributed by atoms with Crippen LogP contribution in [0.2, 0.25) is 0 Å². The molecule has 2 N–H and O–H groups in total. The third kappa shape index (κ3) is 7.27. The molecule has 4 heterocycles. The molecule has 3 atom stereocenters. The molecule has 9 nitrogen and oxygen atoms in total. The summed E-state index contributed by atoms with van der Waals surface area (Å²) in [5.74, 6) is 1.10. The van der Waals surface area contributed by atoms with Gasteiger partial charge in [-0.25, -0.2) is 4.39 Å². The fraction of sp³-hybridized carbons (Fsp3) is 0.512.